The van der Waals surface area contributed by atoms with Gasteiger partial charge in [0.15, 0.2) is 0 Å². The van der Waals surface area contributed by atoms with Crippen LogP contribution in [0.15, 0.2) is 18.2 Å². The summed E-state index contributed by atoms with van der Waals surface area (Å²) in [5, 5.41) is 5.73. The quantitative estimate of drug-likeness (QED) is 0.622. The van der Waals surface area contributed by atoms with Gasteiger partial charge in [0.25, 0.3) is 0 Å². The molecule has 30 heavy (non-hydrogen) atoms. The molecule has 0 aliphatic carbocycles. The molecule has 1 aromatic carbocycles. The molecule has 1 aliphatic heterocycles. The number of rotatable bonds is 9. The molecule has 8 nitrogen and oxygen atoms in total. The van der Waals surface area contributed by atoms with E-state index in [1.54, 1.807) is 4.90 Å². The first-order valence-electron chi connectivity index (χ1n) is 10.7. The molecule has 1 aliphatic rings. The van der Waals surface area contributed by atoms with Crippen LogP contribution in [0, 0.1) is 13.8 Å². The fourth-order valence-corrected chi connectivity index (χ4v) is 3.48. The van der Waals surface area contributed by atoms with Crippen molar-refractivity contribution in [2.24, 2.45) is 0 Å². The van der Waals surface area contributed by atoms with Crippen molar-refractivity contribution < 1.29 is 14.4 Å². The lowest BCUT2D eigenvalue weighted by Crippen LogP contribution is -2.52. The zero-order valence-corrected chi connectivity index (χ0v) is 18.7. The molecule has 2 rings (SSSR count). The first-order valence-corrected chi connectivity index (χ1v) is 10.7. The van der Waals surface area contributed by atoms with Gasteiger partial charge in [-0.2, -0.15) is 0 Å². The second kappa shape index (κ2) is 11.7. The van der Waals surface area contributed by atoms with Crippen molar-refractivity contribution in [2.75, 3.05) is 64.2 Å². The summed E-state index contributed by atoms with van der Waals surface area (Å²) >= 11 is 0. The van der Waals surface area contributed by atoms with Crippen LogP contribution in [0.5, 0.6) is 0 Å². The van der Waals surface area contributed by atoms with Crippen LogP contribution in [-0.4, -0.2) is 91.3 Å². The predicted molar refractivity (Wildman–Crippen MR) is 118 cm³/mol. The molecule has 8 heteroatoms. The number of aryl methyl sites for hydroxylation is 1. The van der Waals surface area contributed by atoms with Crippen LogP contribution in [0.4, 0.5) is 5.69 Å². The lowest BCUT2D eigenvalue weighted by molar-refractivity contribution is -0.137. The Kier molecular flexibility index (Phi) is 9.26. The molecular weight excluding hydrogens is 382 g/mol. The zero-order valence-electron chi connectivity index (χ0n) is 18.7. The van der Waals surface area contributed by atoms with Crippen molar-refractivity contribution in [3.05, 3.63) is 29.3 Å². The van der Waals surface area contributed by atoms with Gasteiger partial charge in [0.05, 0.1) is 19.6 Å². The third kappa shape index (κ3) is 7.11. The summed E-state index contributed by atoms with van der Waals surface area (Å²) in [6, 6.07) is 5.89. The van der Waals surface area contributed by atoms with Gasteiger partial charge >= 0.3 is 0 Å². The van der Waals surface area contributed by atoms with E-state index in [4.69, 9.17) is 0 Å². The minimum Gasteiger partial charge on any atom is -0.355 e. The molecule has 0 radical (unpaired) electrons. The van der Waals surface area contributed by atoms with Crippen LogP contribution in [0.25, 0.3) is 0 Å². The first-order chi connectivity index (χ1) is 14.3. The highest BCUT2D eigenvalue weighted by Crippen LogP contribution is 2.18. The maximum atomic E-state index is 12.5. The van der Waals surface area contributed by atoms with Gasteiger partial charge in [-0.25, -0.2) is 0 Å². The molecule has 0 bridgehead atoms. The molecule has 1 heterocycles. The summed E-state index contributed by atoms with van der Waals surface area (Å²) in [7, 11) is 0. The maximum Gasteiger partial charge on any atom is 0.239 e. The lowest BCUT2D eigenvalue weighted by Gasteiger charge is -2.34. The number of nitrogens with one attached hydrogen (secondary N) is 2. The van der Waals surface area contributed by atoms with E-state index in [-0.39, 0.29) is 24.3 Å². The highest BCUT2D eigenvalue weighted by molar-refractivity contribution is 5.93. The van der Waals surface area contributed by atoms with Crippen molar-refractivity contribution in [1.82, 2.24) is 20.0 Å². The van der Waals surface area contributed by atoms with E-state index in [0.717, 1.165) is 43.0 Å². The number of piperazine rings is 1. The van der Waals surface area contributed by atoms with Crippen LogP contribution in [0.2, 0.25) is 0 Å². The van der Waals surface area contributed by atoms with Crippen LogP contribution in [0.3, 0.4) is 0 Å². The molecule has 0 atom stereocenters. The second-order valence-electron chi connectivity index (χ2n) is 7.71. The first kappa shape index (κ1) is 23.8. The predicted octanol–water partition coefficient (Wildman–Crippen LogP) is 0.844. The molecule has 166 valence electrons. The van der Waals surface area contributed by atoms with E-state index in [0.29, 0.717) is 26.2 Å². The number of hydrogen-bond donors (Lipinski definition) is 2. The normalized spacial score (nSPS) is 14.9. The van der Waals surface area contributed by atoms with E-state index in [1.807, 2.05) is 45.9 Å². The van der Waals surface area contributed by atoms with Gasteiger partial charge in [-0.1, -0.05) is 12.1 Å². The monoisotopic (exact) mass is 417 g/mol. The molecule has 1 saturated heterocycles. The van der Waals surface area contributed by atoms with E-state index < -0.39 is 0 Å². The molecule has 1 fully saturated rings. The summed E-state index contributed by atoms with van der Waals surface area (Å²) in [4.78, 5) is 42.5. The highest BCUT2D eigenvalue weighted by atomic mass is 16.2. The molecule has 3 amide bonds. The summed E-state index contributed by atoms with van der Waals surface area (Å²) in [5.41, 5.74) is 3.10. The lowest BCUT2D eigenvalue weighted by atomic mass is 10.1. The Labute approximate surface area is 179 Å². The van der Waals surface area contributed by atoms with Crippen LogP contribution < -0.4 is 10.6 Å². The van der Waals surface area contributed by atoms with E-state index >= 15 is 0 Å². The van der Waals surface area contributed by atoms with E-state index in [2.05, 4.69) is 20.4 Å². The molecular formula is C22H35N5O3. The van der Waals surface area contributed by atoms with Crippen molar-refractivity contribution >= 4 is 23.4 Å². The molecule has 0 spiro atoms. The fraction of sp³-hybridized carbons (Fsp3) is 0.591. The fourth-order valence-electron chi connectivity index (χ4n) is 3.48. The van der Waals surface area contributed by atoms with Gasteiger partial charge in [0.1, 0.15) is 0 Å². The van der Waals surface area contributed by atoms with Gasteiger partial charge in [0.2, 0.25) is 17.7 Å². The highest BCUT2D eigenvalue weighted by Gasteiger charge is 2.23. The number of amides is 3. The average molecular weight is 418 g/mol. The summed E-state index contributed by atoms with van der Waals surface area (Å²) < 4.78 is 0. The van der Waals surface area contributed by atoms with Crippen molar-refractivity contribution in [3.8, 4) is 0 Å². The Morgan fingerprint density at radius 1 is 0.967 bits per heavy atom. The van der Waals surface area contributed by atoms with Gasteiger partial charge in [-0.3, -0.25) is 24.2 Å². The Bertz CT molecular complexity index is 744. The minimum atomic E-state index is -0.132. The number of nitrogens with zero attached hydrogens (tertiary/aromatic N) is 3. The third-order valence-corrected chi connectivity index (χ3v) is 5.51. The van der Waals surface area contributed by atoms with Gasteiger partial charge in [0, 0.05) is 45.0 Å². The van der Waals surface area contributed by atoms with Gasteiger partial charge < -0.3 is 15.5 Å². The van der Waals surface area contributed by atoms with Gasteiger partial charge in [-0.05, 0) is 44.9 Å². The summed E-state index contributed by atoms with van der Waals surface area (Å²) in [6.45, 7) is 12.5. The minimum absolute atomic E-state index is 0.0210. The Hall–Kier alpha value is -2.45. The van der Waals surface area contributed by atoms with E-state index in [1.165, 1.54) is 0 Å². The average Bonchev–Trinajstić information content (AvgIpc) is 2.71. The number of likely N-dealkylation sites (N-methyl/N-ethyl adjacent to an activating group) is 2. The van der Waals surface area contributed by atoms with Crippen LogP contribution in [0.1, 0.15) is 25.0 Å². The molecule has 2 N–H and O–H groups in total. The topological polar surface area (TPSA) is 85.0 Å². The zero-order chi connectivity index (χ0) is 22.1. The number of benzene rings is 1. The summed E-state index contributed by atoms with van der Waals surface area (Å²) in [5.74, 6) is -0.190. The molecule has 0 unspecified atom stereocenters. The van der Waals surface area contributed by atoms with Crippen LogP contribution >= 0.6 is 0 Å². The van der Waals surface area contributed by atoms with Crippen LogP contribution in [-0.2, 0) is 14.4 Å². The molecule has 0 saturated carbocycles. The number of anilines is 1. The Morgan fingerprint density at radius 2 is 1.60 bits per heavy atom. The number of hydrogen-bond acceptors (Lipinski definition) is 5. The van der Waals surface area contributed by atoms with Crippen molar-refractivity contribution in [1.29, 1.82) is 0 Å². The SMILES string of the molecule is CCNC(=O)CN(CC)C(=O)CN1CCN(CC(=O)Nc2cccc(C)c2C)CC1. The third-order valence-electron chi connectivity index (χ3n) is 5.51. The van der Waals surface area contributed by atoms with Gasteiger partial charge in [-0.15, -0.1) is 0 Å². The van der Waals surface area contributed by atoms with E-state index in [9.17, 15) is 14.4 Å². The number of carbonyl (C=O) groups excluding carboxylic acids is 3. The Morgan fingerprint density at radius 3 is 2.20 bits per heavy atom. The van der Waals surface area contributed by atoms with Crippen molar-refractivity contribution in [3.63, 3.8) is 0 Å². The largest absolute Gasteiger partial charge is 0.355 e. The molecule has 1 aromatic rings. The smallest absolute Gasteiger partial charge is 0.239 e. The second-order valence-corrected chi connectivity index (χ2v) is 7.71. The molecule has 0 aromatic heterocycles. The van der Waals surface area contributed by atoms with Crippen molar-refractivity contribution in [2.45, 2.75) is 27.7 Å². The standard InChI is InChI=1S/C22H35N5O3/c1-5-23-20(28)15-27(6-2)22(30)16-26-12-10-25(11-13-26)14-21(29)24-19-9-7-8-17(3)18(19)4/h7-9H,5-6,10-16H2,1-4H3,(H,23,28)(H,24,29). The Balaban J connectivity index is 1.76. The number of carbonyl (C=O) groups is 3. The maximum absolute atomic E-state index is 12.5. The summed E-state index contributed by atoms with van der Waals surface area (Å²) in [6.07, 6.45) is 0.